The molecule has 1 amide bonds. The van der Waals surface area contributed by atoms with E-state index in [0.717, 1.165) is 0 Å². The van der Waals surface area contributed by atoms with Crippen LogP contribution in [0.25, 0.3) is 5.70 Å². The summed E-state index contributed by atoms with van der Waals surface area (Å²) in [6.07, 6.45) is 2.76. The number of para-hydroxylation sites is 1. The quantitative estimate of drug-likeness (QED) is 0.624. The van der Waals surface area contributed by atoms with Crippen molar-refractivity contribution in [1.29, 1.82) is 0 Å². The first-order valence-electron chi connectivity index (χ1n) is 9.12. The molecule has 1 aliphatic heterocycles. The number of fused-ring (bicyclic) bond motifs is 1. The molecule has 3 rings (SSSR count). The van der Waals surface area contributed by atoms with Gasteiger partial charge < -0.3 is 20.4 Å². The van der Waals surface area contributed by atoms with Crippen molar-refractivity contribution in [2.24, 2.45) is 11.6 Å². The molecule has 0 fully saturated rings. The fourth-order valence-electron chi connectivity index (χ4n) is 3.56. The summed E-state index contributed by atoms with van der Waals surface area (Å²) in [4.78, 5) is 13.7. The topological polar surface area (TPSA) is 84.8 Å². The van der Waals surface area contributed by atoms with Crippen LogP contribution in [0.3, 0.4) is 0 Å². The van der Waals surface area contributed by atoms with Crippen LogP contribution in [0.5, 0.6) is 11.5 Å². The van der Waals surface area contributed by atoms with Gasteiger partial charge in [-0.2, -0.15) is 0 Å². The number of hydrazine groups is 1. The highest BCUT2D eigenvalue weighted by Gasteiger charge is 2.33. The summed E-state index contributed by atoms with van der Waals surface area (Å²) < 4.78 is 21.3. The molecule has 0 spiro atoms. The largest absolute Gasteiger partial charge is 0.456 e. The number of benzene rings is 2. The van der Waals surface area contributed by atoms with Crippen LogP contribution in [-0.4, -0.2) is 24.0 Å². The maximum absolute atomic E-state index is 15.2. The van der Waals surface area contributed by atoms with E-state index in [1.807, 2.05) is 37.3 Å². The highest BCUT2D eigenvalue weighted by Crippen LogP contribution is 2.44. The minimum atomic E-state index is -0.511. The molecule has 1 atom stereocenters. The van der Waals surface area contributed by atoms with Gasteiger partial charge in [0, 0.05) is 37.3 Å². The number of anilines is 1. The predicted molar refractivity (Wildman–Crippen MR) is 108 cm³/mol. The first kappa shape index (κ1) is 19.7. The van der Waals surface area contributed by atoms with Crippen LogP contribution in [-0.2, 0) is 11.2 Å². The number of ether oxygens (including phenoxy) is 1. The van der Waals surface area contributed by atoms with E-state index in [0.29, 0.717) is 35.5 Å². The Morgan fingerprint density at radius 2 is 2.04 bits per heavy atom. The van der Waals surface area contributed by atoms with E-state index in [2.05, 4.69) is 0 Å². The van der Waals surface area contributed by atoms with Gasteiger partial charge in [-0.3, -0.25) is 4.79 Å². The standard InChI is InChI=1S/C21H25FN4O2/c1-13-9-10-16-20(26(13)14(2)27)18(22)11-17(19(23)12-25(3)24)21(16)28-15-7-5-4-6-8-15/h4-8,11-13H,9-10,23-24H2,1-3H3/b19-12-. The first-order valence-corrected chi connectivity index (χ1v) is 9.12. The van der Waals surface area contributed by atoms with E-state index in [1.165, 1.54) is 29.1 Å². The van der Waals surface area contributed by atoms with E-state index in [9.17, 15) is 4.79 Å². The van der Waals surface area contributed by atoms with Crippen LogP contribution in [0.15, 0.2) is 42.6 Å². The number of hydrogen-bond donors (Lipinski definition) is 2. The Kier molecular flexibility index (Phi) is 5.56. The number of carbonyl (C=O) groups is 1. The lowest BCUT2D eigenvalue weighted by molar-refractivity contribution is -0.117. The third-order valence-electron chi connectivity index (χ3n) is 4.75. The smallest absolute Gasteiger partial charge is 0.224 e. The summed E-state index contributed by atoms with van der Waals surface area (Å²) in [5.41, 5.74) is 7.74. The van der Waals surface area contributed by atoms with Crippen LogP contribution in [0.2, 0.25) is 0 Å². The third kappa shape index (κ3) is 3.80. The van der Waals surface area contributed by atoms with E-state index in [-0.39, 0.29) is 23.3 Å². The molecule has 0 aliphatic carbocycles. The second-order valence-corrected chi connectivity index (χ2v) is 7.00. The molecule has 7 heteroatoms. The van der Waals surface area contributed by atoms with Crippen molar-refractivity contribution in [3.8, 4) is 11.5 Å². The average molecular weight is 384 g/mol. The molecule has 0 radical (unpaired) electrons. The molecule has 6 nitrogen and oxygen atoms in total. The Balaban J connectivity index is 2.24. The van der Waals surface area contributed by atoms with Gasteiger partial charge in [0.25, 0.3) is 0 Å². The van der Waals surface area contributed by atoms with E-state index >= 15 is 4.39 Å². The maximum atomic E-state index is 15.2. The molecule has 0 saturated carbocycles. The van der Waals surface area contributed by atoms with Crippen molar-refractivity contribution < 1.29 is 13.9 Å². The lowest BCUT2D eigenvalue weighted by Gasteiger charge is -2.36. The molecule has 1 heterocycles. The van der Waals surface area contributed by atoms with Crippen LogP contribution in [0.1, 0.15) is 31.4 Å². The summed E-state index contributed by atoms with van der Waals surface area (Å²) >= 11 is 0. The zero-order chi connectivity index (χ0) is 20.4. The minimum Gasteiger partial charge on any atom is -0.456 e. The molecule has 148 valence electrons. The number of carbonyl (C=O) groups excluding carboxylic acids is 1. The predicted octanol–water partition coefficient (Wildman–Crippen LogP) is 3.37. The van der Waals surface area contributed by atoms with Gasteiger partial charge in [0.1, 0.15) is 17.3 Å². The first-order chi connectivity index (χ1) is 13.3. The van der Waals surface area contributed by atoms with Gasteiger partial charge in [-0.15, -0.1) is 0 Å². The van der Waals surface area contributed by atoms with Crippen molar-refractivity contribution in [1.82, 2.24) is 5.01 Å². The van der Waals surface area contributed by atoms with E-state index in [4.69, 9.17) is 16.3 Å². The number of nitrogens with zero attached hydrogens (tertiary/aromatic N) is 2. The van der Waals surface area contributed by atoms with Crippen LogP contribution < -0.4 is 21.2 Å². The number of hydrogen-bond acceptors (Lipinski definition) is 5. The lowest BCUT2D eigenvalue weighted by Crippen LogP contribution is -2.41. The van der Waals surface area contributed by atoms with Gasteiger partial charge in [0.15, 0.2) is 0 Å². The Bertz CT molecular complexity index is 912. The van der Waals surface area contributed by atoms with Gasteiger partial charge in [0.05, 0.1) is 11.4 Å². The molecule has 1 aliphatic rings. The molecule has 4 N–H and O–H groups in total. The van der Waals surface area contributed by atoms with Gasteiger partial charge in [-0.1, -0.05) is 18.2 Å². The SMILES string of the molecule is CC(=O)N1c2c(F)cc(/C(N)=C/N(C)N)c(Oc3ccccc3)c2CCC1C. The van der Waals surface area contributed by atoms with Crippen LogP contribution >= 0.6 is 0 Å². The van der Waals surface area contributed by atoms with Crippen LogP contribution in [0.4, 0.5) is 10.1 Å². The normalized spacial score (nSPS) is 16.5. The molecular formula is C21H25FN4O2. The Morgan fingerprint density at radius 1 is 1.36 bits per heavy atom. The molecule has 2 aromatic carbocycles. The molecule has 0 bridgehead atoms. The molecular weight excluding hydrogens is 359 g/mol. The molecule has 2 aromatic rings. The van der Waals surface area contributed by atoms with Crippen molar-refractivity contribution in [3.63, 3.8) is 0 Å². The highest BCUT2D eigenvalue weighted by molar-refractivity contribution is 5.95. The van der Waals surface area contributed by atoms with Crippen molar-refractivity contribution in [2.45, 2.75) is 32.7 Å². The third-order valence-corrected chi connectivity index (χ3v) is 4.75. The van der Waals surface area contributed by atoms with Gasteiger partial charge in [0.2, 0.25) is 5.91 Å². The molecule has 0 saturated heterocycles. The number of amides is 1. The van der Waals surface area contributed by atoms with Crippen molar-refractivity contribution >= 4 is 17.3 Å². The fourth-order valence-corrected chi connectivity index (χ4v) is 3.56. The number of rotatable bonds is 4. The number of nitrogens with two attached hydrogens (primary N) is 2. The minimum absolute atomic E-state index is 0.0991. The summed E-state index contributed by atoms with van der Waals surface area (Å²) in [5, 5.41) is 1.29. The van der Waals surface area contributed by atoms with E-state index < -0.39 is 5.82 Å². The van der Waals surface area contributed by atoms with Gasteiger partial charge in [-0.25, -0.2) is 10.2 Å². The maximum Gasteiger partial charge on any atom is 0.224 e. The van der Waals surface area contributed by atoms with Crippen molar-refractivity contribution in [2.75, 3.05) is 11.9 Å². The monoisotopic (exact) mass is 384 g/mol. The summed E-state index contributed by atoms with van der Waals surface area (Å²) in [7, 11) is 1.62. The molecule has 1 unspecified atom stereocenters. The average Bonchev–Trinajstić information content (AvgIpc) is 2.63. The Hall–Kier alpha value is -3.06. The van der Waals surface area contributed by atoms with Crippen LogP contribution in [0, 0.1) is 5.82 Å². The second kappa shape index (κ2) is 7.90. The lowest BCUT2D eigenvalue weighted by atomic mass is 9.92. The number of halogens is 1. The highest BCUT2D eigenvalue weighted by atomic mass is 19.1. The zero-order valence-corrected chi connectivity index (χ0v) is 16.3. The van der Waals surface area contributed by atoms with E-state index in [1.54, 1.807) is 7.05 Å². The second-order valence-electron chi connectivity index (χ2n) is 7.00. The summed E-state index contributed by atoms with van der Waals surface area (Å²) in [5.74, 6) is 5.99. The fraction of sp³-hybridized carbons (Fsp3) is 0.286. The van der Waals surface area contributed by atoms with Crippen molar-refractivity contribution in [3.05, 3.63) is 59.5 Å². The summed E-state index contributed by atoms with van der Waals surface area (Å²) in [6.45, 7) is 3.35. The van der Waals surface area contributed by atoms with Gasteiger partial charge >= 0.3 is 0 Å². The summed E-state index contributed by atoms with van der Waals surface area (Å²) in [6, 6.07) is 10.4. The Labute approximate surface area is 164 Å². The Morgan fingerprint density at radius 3 is 2.64 bits per heavy atom. The molecule has 0 aromatic heterocycles. The molecule has 28 heavy (non-hydrogen) atoms. The van der Waals surface area contributed by atoms with Gasteiger partial charge in [-0.05, 0) is 38.0 Å². The zero-order valence-electron chi connectivity index (χ0n) is 16.3.